The molecule has 2 aromatic rings. The molecule has 0 fully saturated rings. The largest absolute Gasteiger partial charge is 0.280 e. The maximum atomic E-state index is 11.8. The predicted molar refractivity (Wildman–Crippen MR) is 73.0 cm³/mol. The average Bonchev–Trinajstić information content (AvgIpc) is 2.33. The van der Waals surface area contributed by atoms with Crippen molar-refractivity contribution in [3.63, 3.8) is 0 Å². The van der Waals surface area contributed by atoms with Gasteiger partial charge in [0.1, 0.15) is 0 Å². The second-order valence-electron chi connectivity index (χ2n) is 3.68. The van der Waals surface area contributed by atoms with E-state index >= 15 is 0 Å². The fourth-order valence-electron chi connectivity index (χ4n) is 1.72. The van der Waals surface area contributed by atoms with Gasteiger partial charge in [-0.1, -0.05) is 30.3 Å². The number of carbonyl (C=O) groups excluding carboxylic acids is 1. The van der Waals surface area contributed by atoms with Gasteiger partial charge < -0.3 is 0 Å². The zero-order valence-electron chi connectivity index (χ0n) is 9.50. The lowest BCUT2D eigenvalue weighted by Crippen LogP contribution is -2.22. The lowest BCUT2D eigenvalue weighted by Gasteiger charge is -2.22. The lowest BCUT2D eigenvalue weighted by molar-refractivity contribution is -0.115. The van der Waals surface area contributed by atoms with Crippen molar-refractivity contribution >= 4 is 29.9 Å². The van der Waals surface area contributed by atoms with Gasteiger partial charge in [0.15, 0.2) is 0 Å². The Morgan fingerprint density at radius 1 is 1.00 bits per heavy atom. The lowest BCUT2D eigenvalue weighted by atomic mass is 10.2. The second kappa shape index (κ2) is 5.06. The first kappa shape index (κ1) is 11.7. The third-order valence-corrected chi connectivity index (χ3v) is 2.83. The molecule has 0 bridgehead atoms. The Hall–Kier alpha value is -1.74. The monoisotopic (exact) mass is 243 g/mol. The Labute approximate surface area is 106 Å². The normalized spacial score (nSPS) is 10.0. The first-order chi connectivity index (χ1) is 8.20. The standard InChI is InChI=1S/C14H13NOS/c1-11(16)15(12-7-3-2-4-8-12)13-9-5-6-10-14(13)17/h2-10,17H,1H3. The van der Waals surface area contributed by atoms with Gasteiger partial charge in [-0.3, -0.25) is 9.69 Å². The SMILES string of the molecule is CC(=O)N(c1ccccc1)c1ccccc1S. The third kappa shape index (κ3) is 2.50. The highest BCUT2D eigenvalue weighted by molar-refractivity contribution is 7.80. The zero-order chi connectivity index (χ0) is 12.3. The molecule has 3 heteroatoms. The summed E-state index contributed by atoms with van der Waals surface area (Å²) < 4.78 is 0. The van der Waals surface area contributed by atoms with Crippen LogP contribution in [0.15, 0.2) is 59.5 Å². The number of carbonyl (C=O) groups is 1. The maximum Gasteiger partial charge on any atom is 0.228 e. The Kier molecular flexibility index (Phi) is 3.49. The molecular formula is C14H13NOS. The van der Waals surface area contributed by atoms with Crippen LogP contribution in [0.1, 0.15) is 6.92 Å². The van der Waals surface area contributed by atoms with Gasteiger partial charge >= 0.3 is 0 Å². The zero-order valence-corrected chi connectivity index (χ0v) is 10.4. The molecule has 0 saturated heterocycles. The molecule has 17 heavy (non-hydrogen) atoms. The van der Waals surface area contributed by atoms with Gasteiger partial charge in [0.25, 0.3) is 0 Å². The number of para-hydroxylation sites is 2. The van der Waals surface area contributed by atoms with Gasteiger partial charge in [0.2, 0.25) is 5.91 Å². The number of thiol groups is 1. The molecule has 0 unspecified atom stereocenters. The Morgan fingerprint density at radius 3 is 2.18 bits per heavy atom. The summed E-state index contributed by atoms with van der Waals surface area (Å²) in [6.45, 7) is 1.55. The fourth-order valence-corrected chi connectivity index (χ4v) is 1.98. The quantitative estimate of drug-likeness (QED) is 0.798. The van der Waals surface area contributed by atoms with Crippen molar-refractivity contribution in [3.05, 3.63) is 54.6 Å². The van der Waals surface area contributed by atoms with Gasteiger partial charge in [0.05, 0.1) is 5.69 Å². The Balaban J connectivity index is 2.51. The molecular weight excluding hydrogens is 230 g/mol. The molecule has 0 aliphatic rings. The number of rotatable bonds is 2. The van der Waals surface area contributed by atoms with E-state index in [9.17, 15) is 4.79 Å². The van der Waals surface area contributed by atoms with E-state index in [4.69, 9.17) is 0 Å². The Bertz CT molecular complexity index is 525. The molecule has 86 valence electrons. The summed E-state index contributed by atoms with van der Waals surface area (Å²) in [7, 11) is 0. The van der Waals surface area contributed by atoms with Crippen LogP contribution >= 0.6 is 12.6 Å². The number of benzene rings is 2. The number of anilines is 2. The highest BCUT2D eigenvalue weighted by Crippen LogP contribution is 2.30. The summed E-state index contributed by atoms with van der Waals surface area (Å²) in [5, 5.41) is 0. The number of hydrogen-bond donors (Lipinski definition) is 1. The topological polar surface area (TPSA) is 20.3 Å². The predicted octanol–water partition coefficient (Wildman–Crippen LogP) is 3.66. The first-order valence-electron chi connectivity index (χ1n) is 5.34. The average molecular weight is 243 g/mol. The molecule has 2 rings (SSSR count). The second-order valence-corrected chi connectivity index (χ2v) is 4.16. The summed E-state index contributed by atoms with van der Waals surface area (Å²) in [6, 6.07) is 17.1. The van der Waals surface area contributed by atoms with Gasteiger partial charge in [-0.25, -0.2) is 0 Å². The summed E-state index contributed by atoms with van der Waals surface area (Å²) in [5.41, 5.74) is 1.65. The van der Waals surface area contributed by atoms with E-state index in [2.05, 4.69) is 12.6 Å². The molecule has 0 atom stereocenters. The van der Waals surface area contributed by atoms with Crippen LogP contribution in [0.4, 0.5) is 11.4 Å². The minimum Gasteiger partial charge on any atom is -0.280 e. The summed E-state index contributed by atoms with van der Waals surface area (Å²) >= 11 is 4.39. The van der Waals surface area contributed by atoms with Crippen LogP contribution < -0.4 is 4.90 Å². The van der Waals surface area contributed by atoms with Gasteiger partial charge in [-0.15, -0.1) is 12.6 Å². The third-order valence-electron chi connectivity index (χ3n) is 2.45. The molecule has 0 heterocycles. The van der Waals surface area contributed by atoms with Crippen molar-refractivity contribution in [1.82, 2.24) is 0 Å². The van der Waals surface area contributed by atoms with Crippen LogP contribution in [0.5, 0.6) is 0 Å². The van der Waals surface area contributed by atoms with Crippen LogP contribution in [0.2, 0.25) is 0 Å². The minimum atomic E-state index is -0.0299. The van der Waals surface area contributed by atoms with Gasteiger partial charge in [-0.05, 0) is 24.3 Å². The fraction of sp³-hybridized carbons (Fsp3) is 0.0714. The first-order valence-corrected chi connectivity index (χ1v) is 5.78. The number of nitrogens with zero attached hydrogens (tertiary/aromatic N) is 1. The van der Waals surface area contributed by atoms with Crippen LogP contribution in [0.3, 0.4) is 0 Å². The molecule has 2 aromatic carbocycles. The highest BCUT2D eigenvalue weighted by atomic mass is 32.1. The van der Waals surface area contributed by atoms with Crippen LogP contribution in [0.25, 0.3) is 0 Å². The van der Waals surface area contributed by atoms with Crippen molar-refractivity contribution in [2.75, 3.05) is 4.90 Å². The van der Waals surface area contributed by atoms with Crippen molar-refractivity contribution in [1.29, 1.82) is 0 Å². The highest BCUT2D eigenvalue weighted by Gasteiger charge is 2.15. The number of hydrogen-bond acceptors (Lipinski definition) is 2. The minimum absolute atomic E-state index is 0.0299. The van der Waals surface area contributed by atoms with Crippen molar-refractivity contribution in [3.8, 4) is 0 Å². The molecule has 0 spiro atoms. The maximum absolute atomic E-state index is 11.8. The van der Waals surface area contributed by atoms with E-state index in [0.717, 1.165) is 16.3 Å². The summed E-state index contributed by atoms with van der Waals surface area (Å²) in [6.07, 6.45) is 0. The van der Waals surface area contributed by atoms with Crippen LogP contribution in [-0.4, -0.2) is 5.91 Å². The van der Waals surface area contributed by atoms with E-state index < -0.39 is 0 Å². The van der Waals surface area contributed by atoms with Crippen molar-refractivity contribution in [2.45, 2.75) is 11.8 Å². The van der Waals surface area contributed by atoms with Crippen molar-refractivity contribution in [2.24, 2.45) is 0 Å². The van der Waals surface area contributed by atoms with Gasteiger partial charge in [0, 0.05) is 17.5 Å². The smallest absolute Gasteiger partial charge is 0.228 e. The van der Waals surface area contributed by atoms with E-state index in [0.29, 0.717) is 0 Å². The molecule has 0 saturated carbocycles. The molecule has 0 N–H and O–H groups in total. The summed E-state index contributed by atoms with van der Waals surface area (Å²) in [5.74, 6) is -0.0299. The molecule has 1 amide bonds. The summed E-state index contributed by atoms with van der Waals surface area (Å²) in [4.78, 5) is 14.2. The van der Waals surface area contributed by atoms with Gasteiger partial charge in [-0.2, -0.15) is 0 Å². The van der Waals surface area contributed by atoms with E-state index in [1.165, 1.54) is 0 Å². The van der Waals surface area contributed by atoms with E-state index in [1.54, 1.807) is 11.8 Å². The molecule has 2 nitrogen and oxygen atoms in total. The Morgan fingerprint density at radius 2 is 1.59 bits per heavy atom. The van der Waals surface area contributed by atoms with Crippen molar-refractivity contribution < 1.29 is 4.79 Å². The van der Waals surface area contributed by atoms with E-state index in [-0.39, 0.29) is 5.91 Å². The molecule has 0 aliphatic heterocycles. The van der Waals surface area contributed by atoms with Crippen LogP contribution in [-0.2, 0) is 4.79 Å². The van der Waals surface area contributed by atoms with E-state index in [1.807, 2.05) is 54.6 Å². The molecule has 0 aliphatic carbocycles. The van der Waals surface area contributed by atoms with Crippen LogP contribution in [0, 0.1) is 0 Å². The number of amides is 1. The molecule has 0 radical (unpaired) electrons. The molecule has 0 aromatic heterocycles.